The van der Waals surface area contributed by atoms with Crippen LogP contribution in [0.5, 0.6) is 0 Å². The molecule has 0 bridgehead atoms. The molecule has 2 nitrogen and oxygen atoms in total. The van der Waals surface area contributed by atoms with E-state index >= 15 is 0 Å². The van der Waals surface area contributed by atoms with Gasteiger partial charge in [-0.25, -0.2) is 0 Å². The molecule has 1 fully saturated rings. The number of carbonyl (C=O) groups excluding carboxylic acids is 1. The highest BCUT2D eigenvalue weighted by Crippen LogP contribution is 2.27. The summed E-state index contributed by atoms with van der Waals surface area (Å²) < 4.78 is 0. The van der Waals surface area contributed by atoms with E-state index in [1.54, 1.807) is 0 Å². The number of benzene rings is 1. The third-order valence-corrected chi connectivity index (χ3v) is 3.69. The molecular weight excluding hydrogens is 270 g/mol. The van der Waals surface area contributed by atoms with Gasteiger partial charge >= 0.3 is 0 Å². The van der Waals surface area contributed by atoms with Crippen LogP contribution in [0, 0.1) is 12.8 Å². The summed E-state index contributed by atoms with van der Waals surface area (Å²) in [4.78, 5) is 14.5. The van der Waals surface area contributed by atoms with Crippen molar-refractivity contribution in [2.45, 2.75) is 26.2 Å². The zero-order valence-electron chi connectivity index (χ0n) is 12.6. The molecule has 1 saturated carbocycles. The van der Waals surface area contributed by atoms with E-state index in [0.717, 1.165) is 36.9 Å². The molecule has 0 amide bonds. The van der Waals surface area contributed by atoms with Crippen LogP contribution in [0.3, 0.4) is 0 Å². The number of allylic oxidation sites excluding steroid dienone is 1. The Morgan fingerprint density at radius 2 is 1.90 bits per heavy atom. The normalized spacial score (nSPS) is 21.1. The summed E-state index contributed by atoms with van der Waals surface area (Å²) in [6, 6.07) is 8.37. The lowest BCUT2D eigenvalue weighted by Gasteiger charge is -2.25. The number of hydrogen-bond acceptors (Lipinski definition) is 2. The summed E-state index contributed by atoms with van der Waals surface area (Å²) in [6.07, 6.45) is 5.16. The SMILES string of the molecule is Cc1ccc(/C=C2\CCCC(CN(C)C)C2=O)cc1.Cl. The molecule has 0 aliphatic heterocycles. The monoisotopic (exact) mass is 293 g/mol. The Morgan fingerprint density at radius 3 is 2.50 bits per heavy atom. The first kappa shape index (κ1) is 16.9. The van der Waals surface area contributed by atoms with Crippen LogP contribution in [-0.2, 0) is 4.79 Å². The summed E-state index contributed by atoms with van der Waals surface area (Å²) in [5, 5.41) is 0. The van der Waals surface area contributed by atoms with Gasteiger partial charge in [0.2, 0.25) is 0 Å². The summed E-state index contributed by atoms with van der Waals surface area (Å²) >= 11 is 0. The smallest absolute Gasteiger partial charge is 0.163 e. The van der Waals surface area contributed by atoms with Crippen molar-refractivity contribution in [3.8, 4) is 0 Å². The molecular formula is C17H24ClNO. The van der Waals surface area contributed by atoms with Gasteiger partial charge in [0.25, 0.3) is 0 Å². The Bertz CT molecular complexity index is 476. The van der Waals surface area contributed by atoms with Gasteiger partial charge in [0, 0.05) is 12.5 Å². The maximum absolute atomic E-state index is 12.4. The van der Waals surface area contributed by atoms with Crippen LogP contribution in [0.2, 0.25) is 0 Å². The molecule has 110 valence electrons. The molecule has 0 aromatic heterocycles. The molecule has 2 rings (SSSR count). The lowest BCUT2D eigenvalue weighted by molar-refractivity contribution is -0.120. The van der Waals surface area contributed by atoms with Crippen LogP contribution in [0.15, 0.2) is 29.8 Å². The van der Waals surface area contributed by atoms with Crippen molar-refractivity contribution in [2.75, 3.05) is 20.6 Å². The van der Waals surface area contributed by atoms with Crippen LogP contribution in [-0.4, -0.2) is 31.3 Å². The number of hydrogen-bond donors (Lipinski definition) is 0. The Labute approximate surface area is 128 Å². The number of aryl methyl sites for hydroxylation is 1. The fraction of sp³-hybridized carbons (Fsp3) is 0.471. The Morgan fingerprint density at radius 1 is 1.25 bits per heavy atom. The molecule has 0 heterocycles. The minimum Gasteiger partial charge on any atom is -0.309 e. The highest BCUT2D eigenvalue weighted by molar-refractivity contribution is 6.01. The van der Waals surface area contributed by atoms with E-state index in [1.807, 2.05) is 14.1 Å². The first-order chi connectivity index (χ1) is 9.06. The number of Topliss-reactive ketones (excluding diaryl/α,β-unsaturated/α-hetero) is 1. The average Bonchev–Trinajstić information content (AvgIpc) is 2.36. The van der Waals surface area contributed by atoms with Crippen molar-refractivity contribution in [3.05, 3.63) is 41.0 Å². The fourth-order valence-electron chi connectivity index (χ4n) is 2.68. The Hall–Kier alpha value is -1.12. The molecule has 1 aromatic rings. The van der Waals surface area contributed by atoms with E-state index in [9.17, 15) is 4.79 Å². The third-order valence-electron chi connectivity index (χ3n) is 3.69. The van der Waals surface area contributed by atoms with E-state index in [2.05, 4.69) is 42.2 Å². The van der Waals surface area contributed by atoms with Gasteiger partial charge in [-0.3, -0.25) is 4.79 Å². The molecule has 0 spiro atoms. The largest absolute Gasteiger partial charge is 0.309 e. The molecule has 1 unspecified atom stereocenters. The van der Waals surface area contributed by atoms with Crippen molar-refractivity contribution < 1.29 is 4.79 Å². The van der Waals surface area contributed by atoms with Crippen molar-refractivity contribution in [3.63, 3.8) is 0 Å². The summed E-state index contributed by atoms with van der Waals surface area (Å²) in [7, 11) is 4.07. The predicted octanol–water partition coefficient (Wildman–Crippen LogP) is 3.73. The second-order valence-corrected chi connectivity index (χ2v) is 5.80. The van der Waals surface area contributed by atoms with E-state index < -0.39 is 0 Å². The van der Waals surface area contributed by atoms with E-state index in [4.69, 9.17) is 0 Å². The highest BCUT2D eigenvalue weighted by Gasteiger charge is 2.26. The van der Waals surface area contributed by atoms with Crippen molar-refractivity contribution in [2.24, 2.45) is 5.92 Å². The maximum Gasteiger partial charge on any atom is 0.163 e. The Kier molecular flexibility index (Phi) is 6.44. The number of rotatable bonds is 3. The second kappa shape index (κ2) is 7.61. The summed E-state index contributed by atoms with van der Waals surface area (Å²) in [6.45, 7) is 2.94. The van der Waals surface area contributed by atoms with Gasteiger partial charge in [-0.15, -0.1) is 12.4 Å². The zero-order valence-corrected chi connectivity index (χ0v) is 13.4. The molecule has 3 heteroatoms. The van der Waals surface area contributed by atoms with Crippen LogP contribution in [0.25, 0.3) is 6.08 Å². The van der Waals surface area contributed by atoms with Crippen molar-refractivity contribution in [1.82, 2.24) is 4.90 Å². The average molecular weight is 294 g/mol. The standard InChI is InChI=1S/C17H23NO.ClH/c1-13-7-9-14(10-8-13)11-15-5-4-6-16(17(15)19)12-18(2)3;/h7-11,16H,4-6,12H2,1-3H3;1H/b15-11+;. The minimum atomic E-state index is 0. The van der Waals surface area contributed by atoms with Gasteiger partial charge < -0.3 is 4.90 Å². The van der Waals surface area contributed by atoms with Crippen LogP contribution in [0.4, 0.5) is 0 Å². The summed E-state index contributed by atoms with van der Waals surface area (Å²) in [5.41, 5.74) is 3.39. The number of halogens is 1. The first-order valence-corrected chi connectivity index (χ1v) is 7.02. The molecule has 0 N–H and O–H groups in total. The first-order valence-electron chi connectivity index (χ1n) is 7.02. The number of nitrogens with zero attached hydrogens (tertiary/aromatic N) is 1. The van der Waals surface area contributed by atoms with E-state index in [0.29, 0.717) is 5.78 Å². The van der Waals surface area contributed by atoms with Crippen LogP contribution < -0.4 is 0 Å². The van der Waals surface area contributed by atoms with Crippen molar-refractivity contribution >= 4 is 24.3 Å². The number of ketones is 1. The van der Waals surface area contributed by atoms with Gasteiger partial charge in [-0.1, -0.05) is 29.8 Å². The van der Waals surface area contributed by atoms with Gasteiger partial charge in [-0.2, -0.15) is 0 Å². The third kappa shape index (κ3) is 4.46. The molecule has 1 aromatic carbocycles. The molecule has 0 radical (unpaired) electrons. The highest BCUT2D eigenvalue weighted by atomic mass is 35.5. The molecule has 1 aliphatic carbocycles. The van der Waals surface area contributed by atoms with E-state index in [-0.39, 0.29) is 18.3 Å². The van der Waals surface area contributed by atoms with Gasteiger partial charge in [0.1, 0.15) is 0 Å². The van der Waals surface area contributed by atoms with Gasteiger partial charge in [0.15, 0.2) is 5.78 Å². The molecule has 1 aliphatic rings. The predicted molar refractivity (Wildman–Crippen MR) is 87.3 cm³/mol. The fourth-order valence-corrected chi connectivity index (χ4v) is 2.68. The lowest BCUT2D eigenvalue weighted by Crippen LogP contribution is -2.31. The maximum atomic E-state index is 12.4. The number of carbonyl (C=O) groups is 1. The van der Waals surface area contributed by atoms with Crippen LogP contribution in [0.1, 0.15) is 30.4 Å². The van der Waals surface area contributed by atoms with Gasteiger partial charge in [0.05, 0.1) is 0 Å². The van der Waals surface area contributed by atoms with E-state index in [1.165, 1.54) is 5.56 Å². The van der Waals surface area contributed by atoms with Crippen LogP contribution >= 0.6 is 12.4 Å². The molecule has 20 heavy (non-hydrogen) atoms. The van der Waals surface area contributed by atoms with Crippen molar-refractivity contribution in [1.29, 1.82) is 0 Å². The summed E-state index contributed by atoms with van der Waals surface area (Å²) in [5.74, 6) is 0.529. The zero-order chi connectivity index (χ0) is 13.8. The second-order valence-electron chi connectivity index (χ2n) is 5.80. The Balaban J connectivity index is 0.00000200. The quantitative estimate of drug-likeness (QED) is 0.792. The molecule has 0 saturated heterocycles. The lowest BCUT2D eigenvalue weighted by atomic mass is 9.83. The van der Waals surface area contributed by atoms with Gasteiger partial charge in [-0.05, 0) is 57.5 Å². The topological polar surface area (TPSA) is 20.3 Å². The minimum absolute atomic E-state index is 0. The molecule has 1 atom stereocenters.